The van der Waals surface area contributed by atoms with Crippen molar-refractivity contribution >= 4 is 16.8 Å². The number of aromatic amines is 1. The van der Waals surface area contributed by atoms with Crippen molar-refractivity contribution in [3.05, 3.63) is 35.8 Å². The molecule has 2 bridgehead atoms. The quantitative estimate of drug-likeness (QED) is 0.921. The summed E-state index contributed by atoms with van der Waals surface area (Å²) in [6.07, 6.45) is 4.69. The second-order valence-corrected chi connectivity index (χ2v) is 5.94. The maximum absolute atomic E-state index is 13.2. The number of benzene rings is 1. The largest absolute Gasteiger partial charge is 0.371 e. The number of nitrogens with one attached hydrogen (secondary N) is 1. The van der Waals surface area contributed by atoms with Gasteiger partial charge in [-0.3, -0.25) is 4.79 Å². The third-order valence-corrected chi connectivity index (χ3v) is 4.47. The van der Waals surface area contributed by atoms with Crippen LogP contribution in [0, 0.1) is 5.82 Å². The smallest absolute Gasteiger partial charge is 0.227 e. The molecule has 0 spiro atoms. The van der Waals surface area contributed by atoms with Crippen LogP contribution in [0.2, 0.25) is 0 Å². The molecule has 2 aliphatic heterocycles. The van der Waals surface area contributed by atoms with Gasteiger partial charge in [0.15, 0.2) is 0 Å². The highest BCUT2D eigenvalue weighted by atomic mass is 19.1. The molecule has 110 valence electrons. The van der Waals surface area contributed by atoms with Crippen molar-refractivity contribution in [1.82, 2.24) is 9.88 Å². The summed E-state index contributed by atoms with van der Waals surface area (Å²) in [5.74, 6) is -0.146. The van der Waals surface area contributed by atoms with Crippen LogP contribution in [0.3, 0.4) is 0 Å². The van der Waals surface area contributed by atoms with Crippen LogP contribution >= 0.6 is 0 Å². The predicted octanol–water partition coefficient (Wildman–Crippen LogP) is 2.24. The number of fused-ring (bicyclic) bond motifs is 3. The molecule has 21 heavy (non-hydrogen) atoms. The van der Waals surface area contributed by atoms with E-state index in [1.54, 1.807) is 12.3 Å². The lowest BCUT2D eigenvalue weighted by Gasteiger charge is -2.32. The molecule has 2 aliphatic rings. The molecule has 2 fully saturated rings. The zero-order chi connectivity index (χ0) is 14.4. The SMILES string of the molecule is O=C(Cc1c[nH]c2cc(F)ccc12)N1C[C@H]2CC[C@@H](C1)O2. The first-order chi connectivity index (χ1) is 10.2. The average molecular weight is 288 g/mol. The highest BCUT2D eigenvalue weighted by molar-refractivity contribution is 5.89. The standard InChI is InChI=1S/C16H17FN2O2/c17-11-1-4-14-10(7-18-15(14)6-11)5-16(20)19-8-12-2-3-13(9-19)21-12/h1,4,6-7,12-13,18H,2-3,5,8-9H2/t12-,13+. The number of likely N-dealkylation sites (tertiary alicyclic amines) is 1. The fourth-order valence-electron chi connectivity index (χ4n) is 3.40. The van der Waals surface area contributed by atoms with Crippen molar-refractivity contribution in [2.75, 3.05) is 13.1 Å². The van der Waals surface area contributed by atoms with Crippen LogP contribution in [0.25, 0.3) is 10.9 Å². The van der Waals surface area contributed by atoms with Gasteiger partial charge in [-0.2, -0.15) is 0 Å². The lowest BCUT2D eigenvalue weighted by atomic mass is 10.1. The van der Waals surface area contributed by atoms with Gasteiger partial charge in [-0.1, -0.05) is 0 Å². The van der Waals surface area contributed by atoms with Crippen LogP contribution in [0.1, 0.15) is 18.4 Å². The number of halogens is 1. The van der Waals surface area contributed by atoms with E-state index >= 15 is 0 Å². The van der Waals surface area contributed by atoms with Crippen LogP contribution in [0.4, 0.5) is 4.39 Å². The molecule has 5 heteroatoms. The zero-order valence-electron chi connectivity index (χ0n) is 11.6. The van der Waals surface area contributed by atoms with Crippen LogP contribution in [0.15, 0.2) is 24.4 Å². The molecule has 0 aliphatic carbocycles. The third kappa shape index (κ3) is 2.31. The maximum atomic E-state index is 13.2. The van der Waals surface area contributed by atoms with Crippen molar-refractivity contribution in [1.29, 1.82) is 0 Å². The van der Waals surface area contributed by atoms with Gasteiger partial charge in [0.25, 0.3) is 0 Å². The topological polar surface area (TPSA) is 45.3 Å². The molecule has 1 N–H and O–H groups in total. The van der Waals surface area contributed by atoms with E-state index in [1.807, 2.05) is 4.90 Å². The highest BCUT2D eigenvalue weighted by Gasteiger charge is 2.35. The number of ether oxygens (including phenoxy) is 1. The van der Waals surface area contributed by atoms with Gasteiger partial charge in [0.2, 0.25) is 5.91 Å². The minimum atomic E-state index is -0.271. The van der Waals surface area contributed by atoms with Gasteiger partial charge in [-0.05, 0) is 36.6 Å². The first kappa shape index (κ1) is 12.8. The average Bonchev–Trinajstić information content (AvgIpc) is 3.02. The summed E-state index contributed by atoms with van der Waals surface area (Å²) in [7, 11) is 0. The molecule has 2 saturated heterocycles. The lowest BCUT2D eigenvalue weighted by Crippen LogP contribution is -2.46. The number of H-pyrrole nitrogens is 1. The Balaban J connectivity index is 1.53. The van der Waals surface area contributed by atoms with Gasteiger partial charge in [0.1, 0.15) is 5.82 Å². The molecular weight excluding hydrogens is 271 g/mol. The number of hydrogen-bond acceptors (Lipinski definition) is 2. The highest BCUT2D eigenvalue weighted by Crippen LogP contribution is 2.27. The van der Waals surface area contributed by atoms with Crippen molar-refractivity contribution in [3.8, 4) is 0 Å². The number of amides is 1. The van der Waals surface area contributed by atoms with Gasteiger partial charge in [-0.25, -0.2) is 4.39 Å². The molecular formula is C16H17FN2O2. The molecule has 2 aromatic rings. The van der Waals surface area contributed by atoms with Crippen LogP contribution in [-0.2, 0) is 16.0 Å². The normalized spacial score (nSPS) is 24.7. The maximum Gasteiger partial charge on any atom is 0.227 e. The summed E-state index contributed by atoms with van der Waals surface area (Å²) < 4.78 is 18.9. The second-order valence-electron chi connectivity index (χ2n) is 5.94. The van der Waals surface area contributed by atoms with Crippen LogP contribution < -0.4 is 0 Å². The van der Waals surface area contributed by atoms with Crippen molar-refractivity contribution in [3.63, 3.8) is 0 Å². The molecule has 0 unspecified atom stereocenters. The van der Waals surface area contributed by atoms with E-state index in [0.717, 1.165) is 29.3 Å². The monoisotopic (exact) mass is 288 g/mol. The number of carbonyl (C=O) groups excluding carboxylic acids is 1. The summed E-state index contributed by atoms with van der Waals surface area (Å²) in [6.45, 7) is 1.40. The minimum Gasteiger partial charge on any atom is -0.371 e. The van der Waals surface area contributed by atoms with Crippen LogP contribution in [-0.4, -0.2) is 41.1 Å². The molecule has 2 atom stereocenters. The van der Waals surface area contributed by atoms with E-state index < -0.39 is 0 Å². The summed E-state index contributed by atoms with van der Waals surface area (Å²) in [6, 6.07) is 4.62. The van der Waals surface area contributed by atoms with Gasteiger partial charge in [0.05, 0.1) is 18.6 Å². The molecule has 0 radical (unpaired) electrons. The van der Waals surface area contributed by atoms with Gasteiger partial charge in [0, 0.05) is 30.2 Å². The van der Waals surface area contributed by atoms with E-state index in [1.165, 1.54) is 12.1 Å². The summed E-state index contributed by atoms with van der Waals surface area (Å²) in [5, 5.41) is 0.918. The Bertz CT molecular complexity index is 685. The molecule has 0 saturated carbocycles. The number of aromatic nitrogens is 1. The third-order valence-electron chi connectivity index (χ3n) is 4.47. The summed E-state index contributed by atoms with van der Waals surface area (Å²) >= 11 is 0. The Hall–Kier alpha value is -1.88. The van der Waals surface area contributed by atoms with E-state index in [0.29, 0.717) is 19.5 Å². The number of hydrogen-bond donors (Lipinski definition) is 1. The molecule has 1 amide bonds. The first-order valence-corrected chi connectivity index (χ1v) is 7.38. The molecule has 3 heterocycles. The fraction of sp³-hybridized carbons (Fsp3) is 0.438. The van der Waals surface area contributed by atoms with Crippen molar-refractivity contribution in [2.45, 2.75) is 31.5 Å². The first-order valence-electron chi connectivity index (χ1n) is 7.38. The zero-order valence-corrected chi connectivity index (χ0v) is 11.6. The Labute approximate surface area is 121 Å². The second kappa shape index (κ2) is 4.84. The molecule has 4 rings (SSSR count). The lowest BCUT2D eigenvalue weighted by molar-refractivity contribution is -0.139. The van der Waals surface area contributed by atoms with E-state index in [9.17, 15) is 9.18 Å². The Kier molecular flexibility index (Phi) is 2.96. The van der Waals surface area contributed by atoms with E-state index in [-0.39, 0.29) is 23.9 Å². The number of carbonyl (C=O) groups is 1. The van der Waals surface area contributed by atoms with Gasteiger partial charge >= 0.3 is 0 Å². The summed E-state index contributed by atoms with van der Waals surface area (Å²) in [4.78, 5) is 17.4. The number of nitrogens with zero attached hydrogens (tertiary/aromatic N) is 1. The van der Waals surface area contributed by atoms with Crippen LogP contribution in [0.5, 0.6) is 0 Å². The molecule has 4 nitrogen and oxygen atoms in total. The molecule has 1 aromatic heterocycles. The number of morpholine rings is 1. The van der Waals surface area contributed by atoms with Gasteiger partial charge < -0.3 is 14.6 Å². The minimum absolute atomic E-state index is 0.125. The molecule has 1 aromatic carbocycles. The van der Waals surface area contributed by atoms with E-state index in [2.05, 4.69) is 4.98 Å². The fourth-order valence-corrected chi connectivity index (χ4v) is 3.40. The van der Waals surface area contributed by atoms with Gasteiger partial charge in [-0.15, -0.1) is 0 Å². The Morgan fingerprint density at radius 1 is 1.33 bits per heavy atom. The van der Waals surface area contributed by atoms with Crippen molar-refractivity contribution in [2.24, 2.45) is 0 Å². The van der Waals surface area contributed by atoms with Crippen molar-refractivity contribution < 1.29 is 13.9 Å². The predicted molar refractivity (Wildman–Crippen MR) is 76.4 cm³/mol. The summed E-state index contributed by atoms with van der Waals surface area (Å²) in [5.41, 5.74) is 1.66. The Morgan fingerprint density at radius 3 is 2.86 bits per heavy atom. The Morgan fingerprint density at radius 2 is 2.10 bits per heavy atom. The number of rotatable bonds is 2. The van der Waals surface area contributed by atoms with E-state index in [4.69, 9.17) is 4.74 Å².